The van der Waals surface area contributed by atoms with Crippen LogP contribution < -0.4 is 4.90 Å². The molecule has 2 aliphatic rings. The van der Waals surface area contributed by atoms with Crippen molar-refractivity contribution in [2.24, 2.45) is 13.0 Å². The van der Waals surface area contributed by atoms with E-state index in [1.807, 2.05) is 33.2 Å². The number of nitrogens with zero attached hydrogens (tertiary/aromatic N) is 7. The van der Waals surface area contributed by atoms with Crippen molar-refractivity contribution in [2.75, 3.05) is 36.2 Å². The van der Waals surface area contributed by atoms with Gasteiger partial charge < -0.3 is 14.2 Å². The summed E-state index contributed by atoms with van der Waals surface area (Å²) in [5.41, 5.74) is 6.69. The Bertz CT molecular complexity index is 1860. The van der Waals surface area contributed by atoms with Gasteiger partial charge in [0, 0.05) is 50.0 Å². The Labute approximate surface area is 245 Å². The molecule has 0 bridgehead atoms. The zero-order valence-corrected chi connectivity index (χ0v) is 25.0. The highest BCUT2D eigenvalue weighted by Crippen LogP contribution is 2.41. The summed E-state index contributed by atoms with van der Waals surface area (Å²) in [6.07, 6.45) is 3.79. The molecular formula is C31H35N7O3S. The Hall–Kier alpha value is -3.83. The normalized spacial score (nSPS) is 20.4. The third-order valence-corrected chi connectivity index (χ3v) is 10.6. The first-order valence-corrected chi connectivity index (χ1v) is 16.4. The number of hydrogen-bond acceptors (Lipinski definition) is 8. The number of benzene rings is 1. The van der Waals surface area contributed by atoms with Gasteiger partial charge in [0.15, 0.2) is 9.84 Å². The second-order valence-electron chi connectivity index (χ2n) is 11.6. The van der Waals surface area contributed by atoms with Gasteiger partial charge in [-0.15, -0.1) is 5.10 Å². The molecule has 2 aliphatic heterocycles. The Kier molecular flexibility index (Phi) is 6.73. The van der Waals surface area contributed by atoms with E-state index in [-0.39, 0.29) is 23.6 Å². The first-order chi connectivity index (χ1) is 20.3. The van der Waals surface area contributed by atoms with Gasteiger partial charge in [-0.2, -0.15) is 0 Å². The van der Waals surface area contributed by atoms with Gasteiger partial charge in [-0.3, -0.25) is 4.98 Å². The molecule has 2 atom stereocenters. The minimum Gasteiger partial charge on any atom is -0.381 e. The molecule has 0 spiro atoms. The van der Waals surface area contributed by atoms with E-state index in [0.29, 0.717) is 12.5 Å². The monoisotopic (exact) mass is 585 g/mol. The number of aromatic nitrogens is 6. The van der Waals surface area contributed by atoms with E-state index in [9.17, 15) is 8.42 Å². The van der Waals surface area contributed by atoms with Crippen molar-refractivity contribution < 1.29 is 13.2 Å². The highest BCUT2D eigenvalue weighted by atomic mass is 32.2. The molecule has 5 aromatic rings. The fourth-order valence-corrected chi connectivity index (χ4v) is 8.40. The molecule has 218 valence electrons. The summed E-state index contributed by atoms with van der Waals surface area (Å²) in [6.45, 7) is 5.81. The minimum atomic E-state index is -3.05. The van der Waals surface area contributed by atoms with Crippen molar-refractivity contribution >= 4 is 37.7 Å². The van der Waals surface area contributed by atoms with Gasteiger partial charge in [-0.25, -0.2) is 18.1 Å². The van der Waals surface area contributed by atoms with Crippen LogP contribution in [-0.2, 0) is 21.6 Å². The summed E-state index contributed by atoms with van der Waals surface area (Å²) < 4.78 is 34.6. The van der Waals surface area contributed by atoms with Crippen molar-refractivity contribution in [1.82, 2.24) is 29.5 Å². The van der Waals surface area contributed by atoms with Crippen LogP contribution in [-0.4, -0.2) is 75.3 Å². The molecule has 2 saturated heterocycles. The Morgan fingerprint density at radius 1 is 1.07 bits per heavy atom. The average molecular weight is 586 g/mol. The van der Waals surface area contributed by atoms with Gasteiger partial charge in [0.1, 0.15) is 11.5 Å². The molecule has 11 heteroatoms. The maximum Gasteiger partial charge on any atom is 0.154 e. The summed E-state index contributed by atoms with van der Waals surface area (Å²) >= 11 is 0. The number of ether oxygens (including phenoxy) is 1. The van der Waals surface area contributed by atoms with Crippen LogP contribution in [0.15, 0.2) is 54.7 Å². The van der Waals surface area contributed by atoms with Gasteiger partial charge >= 0.3 is 0 Å². The summed E-state index contributed by atoms with van der Waals surface area (Å²) in [5.74, 6) is 1.40. The lowest BCUT2D eigenvalue weighted by atomic mass is 9.86. The van der Waals surface area contributed by atoms with E-state index in [0.717, 1.165) is 70.9 Å². The number of anilines is 1. The molecule has 1 aromatic carbocycles. The number of hydrogen-bond donors (Lipinski definition) is 0. The summed E-state index contributed by atoms with van der Waals surface area (Å²) in [6, 6.07) is 16.8. The summed E-state index contributed by atoms with van der Waals surface area (Å²) in [5, 5.41) is 9.49. The smallest absolute Gasteiger partial charge is 0.154 e. The van der Waals surface area contributed by atoms with E-state index in [1.165, 1.54) is 5.56 Å². The van der Waals surface area contributed by atoms with Crippen molar-refractivity contribution in [1.29, 1.82) is 0 Å². The molecule has 7 rings (SSSR count). The fourth-order valence-electron chi connectivity index (χ4n) is 6.85. The Morgan fingerprint density at radius 2 is 1.86 bits per heavy atom. The number of sulfone groups is 1. The SMILES string of the molecule is Cc1nnn(C)c1-c1cnc2c3ccc(N4CCS(=O)(=O)CC4C)nc3n([C@H](c3ccccc3)C3CCOCC3)c2c1. The van der Waals surface area contributed by atoms with Crippen LogP contribution in [0.2, 0.25) is 0 Å². The van der Waals surface area contributed by atoms with Crippen molar-refractivity contribution in [3.05, 3.63) is 66.0 Å². The van der Waals surface area contributed by atoms with Crippen molar-refractivity contribution in [2.45, 2.75) is 38.8 Å². The summed E-state index contributed by atoms with van der Waals surface area (Å²) in [4.78, 5) is 12.4. The summed E-state index contributed by atoms with van der Waals surface area (Å²) in [7, 11) is -1.15. The van der Waals surface area contributed by atoms with Crippen LogP contribution in [0.3, 0.4) is 0 Å². The maximum absolute atomic E-state index is 12.3. The van der Waals surface area contributed by atoms with Gasteiger partial charge in [-0.05, 0) is 56.4 Å². The second-order valence-corrected chi connectivity index (χ2v) is 13.8. The highest BCUT2D eigenvalue weighted by Gasteiger charge is 2.33. The molecule has 0 amide bonds. The van der Waals surface area contributed by atoms with Crippen molar-refractivity contribution in [3.63, 3.8) is 0 Å². The molecule has 4 aromatic heterocycles. The molecule has 10 nitrogen and oxygen atoms in total. The molecule has 0 saturated carbocycles. The first kappa shape index (κ1) is 27.0. The molecule has 0 N–H and O–H groups in total. The number of rotatable bonds is 5. The lowest BCUT2D eigenvalue weighted by molar-refractivity contribution is 0.0552. The lowest BCUT2D eigenvalue weighted by Gasteiger charge is -2.35. The van der Waals surface area contributed by atoms with Crippen LogP contribution in [0.25, 0.3) is 33.3 Å². The predicted molar refractivity (Wildman–Crippen MR) is 163 cm³/mol. The molecule has 42 heavy (non-hydrogen) atoms. The van der Waals surface area contributed by atoms with Crippen LogP contribution in [0.1, 0.15) is 37.1 Å². The second kappa shape index (κ2) is 10.5. The van der Waals surface area contributed by atoms with Gasteiger partial charge in [0.2, 0.25) is 0 Å². The van der Waals surface area contributed by atoms with E-state index in [4.69, 9.17) is 14.7 Å². The Morgan fingerprint density at radius 3 is 2.57 bits per heavy atom. The standard InChI is InChI=1S/C31H35N7O3S/c1-20-19-42(39,40)16-13-37(20)27-10-9-25-28-26(17-24(18-32-28)29-21(2)34-35-36(29)3)38(31(25)33-27)30(22-7-5-4-6-8-22)23-11-14-41-15-12-23/h4-10,17-18,20,23,30H,11-16,19H2,1-3H3/t20?,30-/m1/s1. The third-order valence-electron chi connectivity index (χ3n) is 8.84. The molecule has 0 radical (unpaired) electrons. The lowest BCUT2D eigenvalue weighted by Crippen LogP contribution is -2.47. The molecule has 2 fully saturated rings. The van der Waals surface area contributed by atoms with Crippen LogP contribution in [0, 0.1) is 12.8 Å². The molecule has 0 aliphatic carbocycles. The number of fused-ring (bicyclic) bond motifs is 3. The highest BCUT2D eigenvalue weighted by molar-refractivity contribution is 7.91. The average Bonchev–Trinajstić information content (AvgIpc) is 3.49. The zero-order chi connectivity index (χ0) is 29.0. The van der Waals surface area contributed by atoms with Crippen molar-refractivity contribution in [3.8, 4) is 11.3 Å². The van der Waals surface area contributed by atoms with Gasteiger partial charge in [0.05, 0.1) is 40.0 Å². The largest absolute Gasteiger partial charge is 0.381 e. The van der Waals surface area contributed by atoms with E-state index >= 15 is 0 Å². The quantitative estimate of drug-likeness (QED) is 0.300. The molecular weight excluding hydrogens is 550 g/mol. The molecule has 1 unspecified atom stereocenters. The molecule has 6 heterocycles. The van der Waals surface area contributed by atoms with E-state index < -0.39 is 9.84 Å². The number of pyridine rings is 2. The van der Waals surface area contributed by atoms with Crippen LogP contribution in [0.4, 0.5) is 5.82 Å². The van der Waals surface area contributed by atoms with E-state index in [1.54, 1.807) is 4.68 Å². The third kappa shape index (κ3) is 4.64. The van der Waals surface area contributed by atoms with Crippen LogP contribution in [0.5, 0.6) is 0 Å². The van der Waals surface area contributed by atoms with Gasteiger partial charge in [0.25, 0.3) is 0 Å². The predicted octanol–water partition coefficient (Wildman–Crippen LogP) is 4.33. The first-order valence-electron chi connectivity index (χ1n) is 14.6. The van der Waals surface area contributed by atoms with Gasteiger partial charge in [-0.1, -0.05) is 35.5 Å². The topological polar surface area (TPSA) is 108 Å². The zero-order valence-electron chi connectivity index (χ0n) is 24.1. The van der Waals surface area contributed by atoms with Crippen LogP contribution >= 0.6 is 0 Å². The number of aryl methyl sites for hydroxylation is 2. The maximum atomic E-state index is 12.3. The van der Waals surface area contributed by atoms with E-state index in [2.05, 4.69) is 62.2 Å². The minimum absolute atomic E-state index is 0.0137. The Balaban J connectivity index is 1.49. The fraction of sp³-hybridized carbons (Fsp3) is 0.419.